The van der Waals surface area contributed by atoms with E-state index in [0.29, 0.717) is 16.9 Å². The number of aromatic nitrogens is 2. The number of aliphatic imine (C=N–C) groups is 1. The zero-order valence-electron chi connectivity index (χ0n) is 13.2. The number of benzene rings is 2. The van der Waals surface area contributed by atoms with Gasteiger partial charge in [-0.1, -0.05) is 34.1 Å². The summed E-state index contributed by atoms with van der Waals surface area (Å²) in [6, 6.07) is 13.5. The molecule has 1 N–H and O–H groups in total. The molecule has 0 bridgehead atoms. The summed E-state index contributed by atoms with van der Waals surface area (Å²) in [5.74, 6) is -1.31. The highest BCUT2D eigenvalue weighted by Crippen LogP contribution is 2.18. The van der Waals surface area contributed by atoms with Crippen LogP contribution in [0.1, 0.15) is 21.6 Å². The van der Waals surface area contributed by atoms with Gasteiger partial charge in [0.25, 0.3) is 5.56 Å². The van der Waals surface area contributed by atoms with Crippen LogP contribution in [-0.2, 0) is 0 Å². The van der Waals surface area contributed by atoms with Crippen molar-refractivity contribution in [2.24, 2.45) is 4.99 Å². The number of para-hydroxylation sites is 1. The quantitative estimate of drug-likeness (QED) is 0.683. The number of carbonyl (C=O) groups is 1. The lowest BCUT2D eigenvalue weighted by Gasteiger charge is -2.04. The van der Waals surface area contributed by atoms with Crippen LogP contribution in [0, 0.1) is 6.92 Å². The molecule has 6 nitrogen and oxygen atoms in total. The van der Waals surface area contributed by atoms with Gasteiger partial charge in [0.15, 0.2) is 0 Å². The second kappa shape index (κ2) is 6.90. The van der Waals surface area contributed by atoms with E-state index in [-0.39, 0.29) is 16.8 Å². The van der Waals surface area contributed by atoms with Gasteiger partial charge in [-0.15, -0.1) is 0 Å². The number of carbonyl (C=O) groups excluding carboxylic acids is 1. The van der Waals surface area contributed by atoms with Crippen LogP contribution in [0.25, 0.3) is 5.69 Å². The molecule has 0 amide bonds. The van der Waals surface area contributed by atoms with Gasteiger partial charge in [-0.2, -0.15) is 0 Å². The van der Waals surface area contributed by atoms with Crippen molar-refractivity contribution < 1.29 is 9.90 Å². The van der Waals surface area contributed by atoms with Crippen LogP contribution >= 0.6 is 15.9 Å². The molecule has 25 heavy (non-hydrogen) atoms. The zero-order chi connectivity index (χ0) is 18.0. The smallest absolute Gasteiger partial charge is 0.280 e. The first kappa shape index (κ1) is 16.9. The topological polar surface area (TPSA) is 90.3 Å². The molecule has 3 aromatic rings. The minimum atomic E-state index is -1.31. The maximum absolute atomic E-state index is 12.6. The average Bonchev–Trinajstić information content (AvgIpc) is 2.88. The summed E-state index contributed by atoms with van der Waals surface area (Å²) in [6.07, 6.45) is 1.37. The van der Waals surface area contributed by atoms with Gasteiger partial charge < -0.3 is 9.90 Å². The third kappa shape index (κ3) is 3.46. The molecule has 0 radical (unpaired) electrons. The monoisotopic (exact) mass is 398 g/mol. The number of carboxylic acid groups (broad SMARTS) is 1. The highest BCUT2D eigenvalue weighted by Gasteiger charge is 2.11. The Morgan fingerprint density at radius 2 is 1.88 bits per heavy atom. The molecule has 0 spiro atoms. The molecule has 0 aliphatic heterocycles. The minimum absolute atomic E-state index is 0.0276. The molecule has 1 heterocycles. The number of nitrogens with zero attached hydrogens (tertiary/aromatic N) is 2. The molecule has 0 aliphatic carbocycles. The van der Waals surface area contributed by atoms with Gasteiger partial charge in [-0.05, 0) is 37.3 Å². The number of aromatic amines is 1. The molecule has 0 saturated heterocycles. The molecule has 7 heteroatoms. The predicted octanol–water partition coefficient (Wildman–Crippen LogP) is 2.35. The van der Waals surface area contributed by atoms with E-state index in [9.17, 15) is 14.7 Å². The SMILES string of the molecule is Cc1[nH]n(-c2ccc(Br)cc2)c(=O)c1C=Nc1ccccc1C(=O)[O-]. The van der Waals surface area contributed by atoms with Crippen molar-refractivity contribution in [3.05, 3.63) is 80.2 Å². The normalized spacial score (nSPS) is 11.1. The summed E-state index contributed by atoms with van der Waals surface area (Å²) in [6.45, 7) is 1.75. The molecule has 3 rings (SSSR count). The van der Waals surface area contributed by atoms with Crippen LogP contribution in [-0.4, -0.2) is 22.0 Å². The van der Waals surface area contributed by atoms with Crippen LogP contribution in [0.3, 0.4) is 0 Å². The predicted molar refractivity (Wildman–Crippen MR) is 96.9 cm³/mol. The average molecular weight is 399 g/mol. The number of hydrogen-bond acceptors (Lipinski definition) is 4. The molecule has 0 unspecified atom stereocenters. The van der Waals surface area contributed by atoms with E-state index in [1.807, 2.05) is 12.1 Å². The molecule has 0 fully saturated rings. The van der Waals surface area contributed by atoms with E-state index in [1.54, 1.807) is 37.3 Å². The molecular weight excluding hydrogens is 386 g/mol. The molecule has 0 saturated carbocycles. The Balaban J connectivity index is 2.01. The Morgan fingerprint density at radius 1 is 1.20 bits per heavy atom. The lowest BCUT2D eigenvalue weighted by Crippen LogP contribution is -2.22. The molecule has 0 atom stereocenters. The fourth-order valence-electron chi connectivity index (χ4n) is 2.38. The Kier molecular flexibility index (Phi) is 4.67. The van der Waals surface area contributed by atoms with Crippen molar-refractivity contribution in [1.29, 1.82) is 0 Å². The van der Waals surface area contributed by atoms with Gasteiger partial charge >= 0.3 is 0 Å². The molecular formula is C18H13BrN3O3-. The number of rotatable bonds is 4. The summed E-state index contributed by atoms with van der Waals surface area (Å²) in [7, 11) is 0. The van der Waals surface area contributed by atoms with Crippen LogP contribution in [0.2, 0.25) is 0 Å². The van der Waals surface area contributed by atoms with Crippen LogP contribution in [0.15, 0.2) is 62.8 Å². The Labute approximate surface area is 151 Å². The van der Waals surface area contributed by atoms with Crippen molar-refractivity contribution in [2.45, 2.75) is 6.92 Å². The van der Waals surface area contributed by atoms with E-state index < -0.39 is 5.97 Å². The number of aryl methyl sites for hydroxylation is 1. The van der Waals surface area contributed by atoms with Crippen molar-refractivity contribution in [2.75, 3.05) is 0 Å². The number of aromatic carboxylic acids is 1. The lowest BCUT2D eigenvalue weighted by atomic mass is 10.2. The summed E-state index contributed by atoms with van der Waals surface area (Å²) < 4.78 is 2.32. The zero-order valence-corrected chi connectivity index (χ0v) is 14.8. The fourth-order valence-corrected chi connectivity index (χ4v) is 2.64. The second-order valence-electron chi connectivity index (χ2n) is 5.33. The number of halogens is 1. The fraction of sp³-hybridized carbons (Fsp3) is 0.0556. The van der Waals surface area contributed by atoms with Crippen molar-refractivity contribution in [3.63, 3.8) is 0 Å². The minimum Gasteiger partial charge on any atom is -0.545 e. The summed E-state index contributed by atoms with van der Waals surface area (Å²) in [5.41, 5.74) is 1.61. The van der Waals surface area contributed by atoms with Crippen molar-refractivity contribution in [1.82, 2.24) is 9.78 Å². The molecule has 0 aliphatic rings. The summed E-state index contributed by atoms with van der Waals surface area (Å²) in [5, 5.41) is 14.1. The highest BCUT2D eigenvalue weighted by atomic mass is 79.9. The molecule has 2 aromatic carbocycles. The van der Waals surface area contributed by atoms with Crippen molar-refractivity contribution >= 4 is 33.8 Å². The first-order chi connectivity index (χ1) is 12.0. The highest BCUT2D eigenvalue weighted by molar-refractivity contribution is 9.10. The van der Waals surface area contributed by atoms with E-state index in [4.69, 9.17) is 0 Å². The van der Waals surface area contributed by atoms with Crippen molar-refractivity contribution in [3.8, 4) is 5.69 Å². The lowest BCUT2D eigenvalue weighted by molar-refractivity contribution is -0.254. The van der Waals surface area contributed by atoms with E-state index in [1.165, 1.54) is 17.0 Å². The summed E-state index contributed by atoms with van der Waals surface area (Å²) >= 11 is 3.35. The maximum atomic E-state index is 12.6. The van der Waals surface area contributed by atoms with Gasteiger partial charge in [0, 0.05) is 21.9 Å². The van der Waals surface area contributed by atoms with Crippen LogP contribution in [0.4, 0.5) is 5.69 Å². The Morgan fingerprint density at radius 3 is 2.56 bits per heavy atom. The van der Waals surface area contributed by atoms with E-state index in [2.05, 4.69) is 26.0 Å². The molecule has 126 valence electrons. The Hall–Kier alpha value is -2.93. The number of hydrogen-bond donors (Lipinski definition) is 1. The van der Waals surface area contributed by atoms with Gasteiger partial charge in [0.05, 0.1) is 22.9 Å². The largest absolute Gasteiger partial charge is 0.545 e. The maximum Gasteiger partial charge on any atom is 0.280 e. The number of nitrogens with one attached hydrogen (secondary N) is 1. The first-order valence-electron chi connectivity index (χ1n) is 7.39. The van der Waals surface area contributed by atoms with E-state index >= 15 is 0 Å². The van der Waals surface area contributed by atoms with Gasteiger partial charge in [0.1, 0.15) is 0 Å². The number of carboxylic acids is 1. The number of H-pyrrole nitrogens is 1. The van der Waals surface area contributed by atoms with Crippen LogP contribution in [0.5, 0.6) is 0 Å². The third-order valence-corrected chi connectivity index (χ3v) is 4.19. The molecule has 1 aromatic heterocycles. The van der Waals surface area contributed by atoms with Gasteiger partial charge in [-0.25, -0.2) is 4.68 Å². The standard InChI is InChI=1S/C18H14BrN3O3/c1-11-15(10-20-16-5-3-2-4-14(16)18(24)25)17(23)22(21-11)13-8-6-12(19)7-9-13/h2-10,21H,1H3,(H,24,25)/p-1. The Bertz CT molecular complexity index is 1020. The van der Waals surface area contributed by atoms with E-state index in [0.717, 1.165) is 4.47 Å². The summed E-state index contributed by atoms with van der Waals surface area (Å²) in [4.78, 5) is 27.9. The second-order valence-corrected chi connectivity index (χ2v) is 6.25. The van der Waals surface area contributed by atoms with Crippen LogP contribution < -0.4 is 10.7 Å². The van der Waals surface area contributed by atoms with Gasteiger partial charge in [-0.3, -0.25) is 14.9 Å². The first-order valence-corrected chi connectivity index (χ1v) is 8.18. The van der Waals surface area contributed by atoms with Gasteiger partial charge in [0.2, 0.25) is 0 Å². The third-order valence-electron chi connectivity index (χ3n) is 3.66.